The first kappa shape index (κ1) is 16.5. The fourth-order valence-corrected chi connectivity index (χ4v) is 2.47. The zero-order valence-corrected chi connectivity index (χ0v) is 12.6. The number of rotatable bonds is 5. The quantitative estimate of drug-likeness (QED) is 0.763. The number of nitrogens with one attached hydrogen (secondary N) is 2. The lowest BCUT2D eigenvalue weighted by molar-refractivity contribution is -0.120. The zero-order chi connectivity index (χ0) is 16.1. The van der Waals surface area contributed by atoms with Crippen LogP contribution < -0.4 is 10.6 Å². The number of benzene rings is 1. The van der Waals surface area contributed by atoms with Gasteiger partial charge < -0.3 is 20.6 Å². The minimum atomic E-state index is -0.954. The molecular formula is C14H17ClFN3O3. The van der Waals surface area contributed by atoms with Crippen molar-refractivity contribution in [3.05, 3.63) is 34.6 Å². The molecule has 2 amide bonds. The van der Waals surface area contributed by atoms with Gasteiger partial charge in [-0.3, -0.25) is 4.79 Å². The smallest absolute Gasteiger partial charge is 0.407 e. The molecule has 1 saturated heterocycles. The van der Waals surface area contributed by atoms with Gasteiger partial charge in [0.15, 0.2) is 0 Å². The molecule has 1 aliphatic heterocycles. The maximum atomic E-state index is 13.6. The molecule has 22 heavy (non-hydrogen) atoms. The Labute approximate surface area is 132 Å². The Morgan fingerprint density at radius 3 is 2.91 bits per heavy atom. The van der Waals surface area contributed by atoms with Crippen LogP contribution in [-0.4, -0.2) is 47.7 Å². The number of carboxylic acid groups (broad SMARTS) is 1. The summed E-state index contributed by atoms with van der Waals surface area (Å²) in [7, 11) is 0. The molecule has 120 valence electrons. The number of hydrogen-bond donors (Lipinski definition) is 3. The van der Waals surface area contributed by atoms with E-state index in [1.807, 2.05) is 0 Å². The lowest BCUT2D eigenvalue weighted by atomic mass is 10.2. The average molecular weight is 330 g/mol. The second-order valence-corrected chi connectivity index (χ2v) is 5.49. The van der Waals surface area contributed by atoms with E-state index in [9.17, 15) is 14.0 Å². The molecule has 0 bridgehead atoms. The Morgan fingerprint density at radius 1 is 1.45 bits per heavy atom. The summed E-state index contributed by atoms with van der Waals surface area (Å²) in [5.74, 6) is -0.821. The van der Waals surface area contributed by atoms with Crippen molar-refractivity contribution in [2.24, 2.45) is 0 Å². The van der Waals surface area contributed by atoms with Crippen LogP contribution in [0.2, 0.25) is 5.02 Å². The van der Waals surface area contributed by atoms with Crippen molar-refractivity contribution < 1.29 is 19.1 Å². The van der Waals surface area contributed by atoms with Crippen molar-refractivity contribution in [1.29, 1.82) is 0 Å². The third kappa shape index (κ3) is 4.32. The highest BCUT2D eigenvalue weighted by atomic mass is 35.5. The van der Waals surface area contributed by atoms with Gasteiger partial charge in [0.2, 0.25) is 5.91 Å². The van der Waals surface area contributed by atoms with E-state index in [2.05, 4.69) is 10.6 Å². The SMILES string of the molecule is O=C(CNC1CCN(C(=O)O)C1)NCc1cccc(Cl)c1F. The molecule has 0 saturated carbocycles. The molecule has 6 nitrogen and oxygen atoms in total. The van der Waals surface area contributed by atoms with Gasteiger partial charge in [-0.25, -0.2) is 9.18 Å². The average Bonchev–Trinajstić information content (AvgIpc) is 2.96. The van der Waals surface area contributed by atoms with Gasteiger partial charge in [0.1, 0.15) is 5.82 Å². The van der Waals surface area contributed by atoms with E-state index >= 15 is 0 Å². The normalized spacial score (nSPS) is 17.5. The minimum Gasteiger partial charge on any atom is -0.465 e. The number of halogens is 2. The van der Waals surface area contributed by atoms with Crippen LogP contribution in [0.3, 0.4) is 0 Å². The Kier molecular flexibility index (Phi) is 5.57. The summed E-state index contributed by atoms with van der Waals surface area (Å²) in [6, 6.07) is 4.57. The van der Waals surface area contributed by atoms with Crippen molar-refractivity contribution in [1.82, 2.24) is 15.5 Å². The standard InChI is InChI=1S/C14H17ClFN3O3/c15-11-3-1-2-9(13(11)16)6-18-12(20)7-17-10-4-5-19(8-10)14(21)22/h1-3,10,17H,4-8H2,(H,18,20)(H,21,22). The fraction of sp³-hybridized carbons (Fsp3) is 0.429. The van der Waals surface area contributed by atoms with Crippen molar-refractivity contribution in [3.8, 4) is 0 Å². The second-order valence-electron chi connectivity index (χ2n) is 5.08. The van der Waals surface area contributed by atoms with E-state index in [-0.39, 0.29) is 30.1 Å². The molecule has 0 spiro atoms. The summed E-state index contributed by atoms with van der Waals surface area (Å²) >= 11 is 5.66. The van der Waals surface area contributed by atoms with Crippen LogP contribution in [0.4, 0.5) is 9.18 Å². The van der Waals surface area contributed by atoms with Crippen LogP contribution in [0.1, 0.15) is 12.0 Å². The van der Waals surface area contributed by atoms with Gasteiger partial charge >= 0.3 is 6.09 Å². The van der Waals surface area contributed by atoms with Gasteiger partial charge in [-0.1, -0.05) is 23.7 Å². The molecule has 2 rings (SSSR count). The molecule has 0 aliphatic carbocycles. The summed E-state index contributed by atoms with van der Waals surface area (Å²) in [5, 5.41) is 14.4. The molecule has 8 heteroatoms. The molecule has 3 N–H and O–H groups in total. The number of nitrogens with zero attached hydrogens (tertiary/aromatic N) is 1. The Hall–Kier alpha value is -1.86. The highest BCUT2D eigenvalue weighted by molar-refractivity contribution is 6.30. The van der Waals surface area contributed by atoms with Gasteiger partial charge in [-0.15, -0.1) is 0 Å². The van der Waals surface area contributed by atoms with Gasteiger partial charge in [0.25, 0.3) is 0 Å². The molecule has 0 aromatic heterocycles. The maximum Gasteiger partial charge on any atom is 0.407 e. The van der Waals surface area contributed by atoms with Crippen LogP contribution in [0.5, 0.6) is 0 Å². The molecule has 1 atom stereocenters. The topological polar surface area (TPSA) is 81.7 Å². The number of carbonyl (C=O) groups is 2. The summed E-state index contributed by atoms with van der Waals surface area (Å²) in [5.41, 5.74) is 0.318. The first-order valence-electron chi connectivity index (χ1n) is 6.88. The Morgan fingerprint density at radius 2 is 2.23 bits per heavy atom. The minimum absolute atomic E-state index is 0.0181. The lowest BCUT2D eigenvalue weighted by Crippen LogP contribution is -2.40. The van der Waals surface area contributed by atoms with E-state index < -0.39 is 11.9 Å². The fourth-order valence-electron chi connectivity index (χ4n) is 2.28. The third-order valence-corrected chi connectivity index (χ3v) is 3.81. The summed E-state index contributed by atoms with van der Waals surface area (Å²) in [4.78, 5) is 23.8. The lowest BCUT2D eigenvalue weighted by Gasteiger charge is -2.14. The van der Waals surface area contributed by atoms with E-state index in [0.29, 0.717) is 25.1 Å². The summed E-state index contributed by atoms with van der Waals surface area (Å²) < 4.78 is 13.6. The van der Waals surface area contributed by atoms with Crippen LogP contribution in [-0.2, 0) is 11.3 Å². The first-order valence-corrected chi connectivity index (χ1v) is 7.26. The van der Waals surface area contributed by atoms with Crippen LogP contribution in [0.15, 0.2) is 18.2 Å². The predicted octanol–water partition coefficient (Wildman–Crippen LogP) is 1.44. The van der Waals surface area contributed by atoms with Gasteiger partial charge in [-0.2, -0.15) is 0 Å². The maximum absolute atomic E-state index is 13.6. The van der Waals surface area contributed by atoms with E-state index in [1.165, 1.54) is 11.0 Å². The van der Waals surface area contributed by atoms with E-state index in [4.69, 9.17) is 16.7 Å². The van der Waals surface area contributed by atoms with Crippen molar-refractivity contribution in [2.45, 2.75) is 19.0 Å². The number of hydrogen-bond acceptors (Lipinski definition) is 3. The highest BCUT2D eigenvalue weighted by Crippen LogP contribution is 2.17. The second kappa shape index (κ2) is 7.42. The van der Waals surface area contributed by atoms with Crippen molar-refractivity contribution in [3.63, 3.8) is 0 Å². The zero-order valence-electron chi connectivity index (χ0n) is 11.8. The van der Waals surface area contributed by atoms with Gasteiger partial charge in [-0.05, 0) is 12.5 Å². The first-order chi connectivity index (χ1) is 10.5. The van der Waals surface area contributed by atoms with Crippen molar-refractivity contribution in [2.75, 3.05) is 19.6 Å². The van der Waals surface area contributed by atoms with Crippen LogP contribution in [0.25, 0.3) is 0 Å². The largest absolute Gasteiger partial charge is 0.465 e. The molecule has 1 aromatic carbocycles. The summed E-state index contributed by atoms with van der Waals surface area (Å²) in [6.45, 7) is 0.938. The molecule has 1 heterocycles. The highest BCUT2D eigenvalue weighted by Gasteiger charge is 2.25. The number of carbonyl (C=O) groups excluding carboxylic acids is 1. The third-order valence-electron chi connectivity index (χ3n) is 3.52. The van der Waals surface area contributed by atoms with E-state index in [0.717, 1.165) is 0 Å². The van der Waals surface area contributed by atoms with E-state index in [1.54, 1.807) is 12.1 Å². The monoisotopic (exact) mass is 329 g/mol. The Bertz CT molecular complexity index is 570. The van der Waals surface area contributed by atoms with Crippen molar-refractivity contribution >= 4 is 23.6 Å². The molecule has 0 radical (unpaired) electrons. The van der Waals surface area contributed by atoms with Crippen LogP contribution >= 0.6 is 11.6 Å². The molecule has 1 fully saturated rings. The number of amides is 2. The van der Waals surface area contributed by atoms with Gasteiger partial charge in [0, 0.05) is 31.2 Å². The van der Waals surface area contributed by atoms with Gasteiger partial charge in [0.05, 0.1) is 11.6 Å². The Balaban J connectivity index is 1.73. The molecule has 1 aromatic rings. The summed E-state index contributed by atoms with van der Waals surface area (Å²) in [6.07, 6.45) is -0.284. The number of likely N-dealkylation sites (tertiary alicyclic amines) is 1. The molecular weight excluding hydrogens is 313 g/mol. The molecule has 1 aliphatic rings. The predicted molar refractivity (Wildman–Crippen MR) is 79.3 cm³/mol. The van der Waals surface area contributed by atoms with Crippen LogP contribution in [0, 0.1) is 5.82 Å². The molecule has 1 unspecified atom stereocenters.